The van der Waals surface area contributed by atoms with E-state index >= 15 is 0 Å². The molecule has 0 aliphatic carbocycles. The molecule has 2 aliphatic heterocycles. The molecule has 0 aromatic heterocycles. The summed E-state index contributed by atoms with van der Waals surface area (Å²) in [6, 6.07) is 5.43. The first kappa shape index (κ1) is 18.8. The van der Waals surface area contributed by atoms with E-state index in [1.54, 1.807) is 0 Å². The summed E-state index contributed by atoms with van der Waals surface area (Å²) >= 11 is 0. The molecule has 0 bridgehead atoms. The molecule has 1 atom stereocenters. The van der Waals surface area contributed by atoms with Crippen LogP contribution in [0.4, 0.5) is 0 Å². The molecular weight excluding hydrogens is 364 g/mol. The molecule has 0 spiro atoms. The zero-order chi connectivity index (χ0) is 18.8. The van der Waals surface area contributed by atoms with Gasteiger partial charge in [0.2, 0.25) is 10.0 Å². The first-order valence-corrected chi connectivity index (χ1v) is 9.61. The van der Waals surface area contributed by atoms with Crippen LogP contribution in [0.3, 0.4) is 0 Å². The van der Waals surface area contributed by atoms with Gasteiger partial charge in [0.1, 0.15) is 0 Å². The molecule has 26 heavy (non-hydrogen) atoms. The molecule has 1 aromatic rings. The standard InChI is InChI=1S/C16H20N2O7S/c19-14(17-16(15(20)21)5-8-25-11-16)12-1-3-13(4-2-12)26(22,23)18-6-9-24-10-7-18/h1-4H,5-11H2,(H,17,19)(H,20,21). The van der Waals surface area contributed by atoms with Crippen LogP contribution in [0.1, 0.15) is 16.8 Å². The maximum atomic E-state index is 12.6. The highest BCUT2D eigenvalue weighted by Gasteiger charge is 2.44. The van der Waals surface area contributed by atoms with Crippen molar-refractivity contribution in [3.63, 3.8) is 0 Å². The number of hydrogen-bond acceptors (Lipinski definition) is 6. The summed E-state index contributed by atoms with van der Waals surface area (Å²) < 4.78 is 36.7. The molecule has 3 rings (SSSR count). The molecule has 2 fully saturated rings. The number of nitrogens with zero attached hydrogens (tertiary/aromatic N) is 1. The number of carboxylic acids is 1. The molecule has 0 radical (unpaired) electrons. The third-order valence-corrected chi connectivity index (χ3v) is 6.42. The highest BCUT2D eigenvalue weighted by Crippen LogP contribution is 2.21. The van der Waals surface area contributed by atoms with Gasteiger partial charge in [0.15, 0.2) is 5.54 Å². The van der Waals surface area contributed by atoms with E-state index in [-0.39, 0.29) is 43.2 Å². The van der Waals surface area contributed by atoms with Gasteiger partial charge in [0, 0.05) is 31.7 Å². The van der Waals surface area contributed by atoms with Crippen LogP contribution < -0.4 is 5.32 Å². The number of benzene rings is 1. The van der Waals surface area contributed by atoms with E-state index in [2.05, 4.69) is 5.32 Å². The zero-order valence-corrected chi connectivity index (χ0v) is 14.8. The SMILES string of the molecule is O=C(NC1(C(=O)O)CCOC1)c1ccc(S(=O)(=O)N2CCOCC2)cc1. The summed E-state index contributed by atoms with van der Waals surface area (Å²) in [5, 5.41) is 11.9. The second-order valence-corrected chi connectivity index (χ2v) is 8.12. The first-order chi connectivity index (χ1) is 12.3. The average molecular weight is 384 g/mol. The number of nitrogens with one attached hydrogen (secondary N) is 1. The Morgan fingerprint density at radius 3 is 2.27 bits per heavy atom. The average Bonchev–Trinajstić information content (AvgIpc) is 3.12. The maximum absolute atomic E-state index is 12.6. The molecule has 1 amide bonds. The fraction of sp³-hybridized carbons (Fsp3) is 0.500. The van der Waals surface area contributed by atoms with Crippen LogP contribution in [-0.4, -0.2) is 74.8 Å². The van der Waals surface area contributed by atoms with Crippen molar-refractivity contribution in [1.82, 2.24) is 9.62 Å². The van der Waals surface area contributed by atoms with E-state index in [1.807, 2.05) is 0 Å². The van der Waals surface area contributed by atoms with E-state index in [0.29, 0.717) is 13.2 Å². The van der Waals surface area contributed by atoms with Gasteiger partial charge >= 0.3 is 5.97 Å². The molecule has 2 saturated heterocycles. The number of sulfonamides is 1. The van der Waals surface area contributed by atoms with Gasteiger partial charge in [-0.2, -0.15) is 4.31 Å². The lowest BCUT2D eigenvalue weighted by molar-refractivity contribution is -0.144. The predicted molar refractivity (Wildman–Crippen MR) is 89.3 cm³/mol. The van der Waals surface area contributed by atoms with Crippen LogP contribution in [-0.2, 0) is 24.3 Å². The third-order valence-electron chi connectivity index (χ3n) is 4.51. The Hall–Kier alpha value is -2.01. The number of carbonyl (C=O) groups excluding carboxylic acids is 1. The fourth-order valence-corrected chi connectivity index (χ4v) is 4.30. The molecule has 0 saturated carbocycles. The van der Waals surface area contributed by atoms with E-state index in [9.17, 15) is 23.1 Å². The quantitative estimate of drug-likeness (QED) is 0.713. The summed E-state index contributed by atoms with van der Waals surface area (Å²) in [5.41, 5.74) is -1.27. The minimum absolute atomic E-state index is 0.0769. The Kier molecular flexibility index (Phi) is 5.28. The van der Waals surface area contributed by atoms with Gasteiger partial charge in [0.05, 0.1) is 24.7 Å². The van der Waals surface area contributed by atoms with Crippen molar-refractivity contribution in [1.29, 1.82) is 0 Å². The van der Waals surface area contributed by atoms with E-state index in [0.717, 1.165) is 0 Å². The number of ether oxygens (including phenoxy) is 2. The summed E-state index contributed by atoms with van der Waals surface area (Å²) in [6.45, 7) is 1.41. The lowest BCUT2D eigenvalue weighted by Gasteiger charge is -2.26. The minimum atomic E-state index is -3.64. The lowest BCUT2D eigenvalue weighted by Crippen LogP contribution is -2.55. The van der Waals surface area contributed by atoms with Gasteiger partial charge in [0.25, 0.3) is 5.91 Å². The molecule has 9 nitrogen and oxygen atoms in total. The van der Waals surface area contributed by atoms with Gasteiger partial charge in [-0.05, 0) is 24.3 Å². The van der Waals surface area contributed by atoms with Crippen LogP contribution in [0.15, 0.2) is 29.2 Å². The third kappa shape index (κ3) is 3.58. The number of morpholine rings is 1. The Bertz CT molecular complexity index is 779. The van der Waals surface area contributed by atoms with Crippen LogP contribution in [0, 0.1) is 0 Å². The molecule has 10 heteroatoms. The number of hydrogen-bond donors (Lipinski definition) is 2. The zero-order valence-electron chi connectivity index (χ0n) is 14.0. The Labute approximate surface area is 150 Å². The van der Waals surface area contributed by atoms with Gasteiger partial charge in [-0.3, -0.25) is 4.79 Å². The van der Waals surface area contributed by atoms with Crippen LogP contribution >= 0.6 is 0 Å². The number of carboxylic acid groups (broad SMARTS) is 1. The maximum Gasteiger partial charge on any atom is 0.331 e. The Morgan fingerprint density at radius 2 is 1.73 bits per heavy atom. The lowest BCUT2D eigenvalue weighted by atomic mass is 9.98. The largest absolute Gasteiger partial charge is 0.479 e. The van der Waals surface area contributed by atoms with Gasteiger partial charge in [-0.15, -0.1) is 0 Å². The minimum Gasteiger partial charge on any atom is -0.479 e. The summed E-state index contributed by atoms with van der Waals surface area (Å²) in [4.78, 5) is 23.9. The van der Waals surface area contributed by atoms with E-state index in [4.69, 9.17) is 9.47 Å². The molecular formula is C16H20N2O7S. The summed E-state index contributed by atoms with van der Waals surface area (Å²) in [6.07, 6.45) is 0.178. The highest BCUT2D eigenvalue weighted by molar-refractivity contribution is 7.89. The molecule has 1 unspecified atom stereocenters. The van der Waals surface area contributed by atoms with Crippen LogP contribution in [0.2, 0.25) is 0 Å². The summed E-state index contributed by atoms with van der Waals surface area (Å²) in [7, 11) is -3.64. The second-order valence-electron chi connectivity index (χ2n) is 6.18. The summed E-state index contributed by atoms with van der Waals surface area (Å²) in [5.74, 6) is -1.75. The van der Waals surface area contributed by atoms with Crippen molar-refractivity contribution < 1.29 is 32.6 Å². The highest BCUT2D eigenvalue weighted by atomic mass is 32.2. The normalized spacial score (nSPS) is 24.3. The van der Waals surface area contributed by atoms with E-state index < -0.39 is 27.4 Å². The van der Waals surface area contributed by atoms with Crippen LogP contribution in [0.5, 0.6) is 0 Å². The van der Waals surface area contributed by atoms with Crippen molar-refractivity contribution in [2.75, 3.05) is 39.5 Å². The van der Waals surface area contributed by atoms with Crippen molar-refractivity contribution in [2.45, 2.75) is 16.9 Å². The monoisotopic (exact) mass is 384 g/mol. The Morgan fingerprint density at radius 1 is 1.08 bits per heavy atom. The van der Waals surface area contributed by atoms with Gasteiger partial charge < -0.3 is 19.9 Å². The van der Waals surface area contributed by atoms with Gasteiger partial charge in [-0.1, -0.05) is 0 Å². The molecule has 2 N–H and O–H groups in total. The number of carbonyl (C=O) groups is 2. The smallest absolute Gasteiger partial charge is 0.331 e. The van der Waals surface area contributed by atoms with Crippen molar-refractivity contribution >= 4 is 21.9 Å². The predicted octanol–water partition coefficient (Wildman–Crippen LogP) is -0.319. The van der Waals surface area contributed by atoms with Gasteiger partial charge in [-0.25, -0.2) is 13.2 Å². The second kappa shape index (κ2) is 7.31. The number of aliphatic carboxylic acids is 1. The number of amides is 1. The van der Waals surface area contributed by atoms with E-state index in [1.165, 1.54) is 28.6 Å². The van der Waals surface area contributed by atoms with Crippen LogP contribution in [0.25, 0.3) is 0 Å². The molecule has 142 valence electrons. The Balaban J connectivity index is 1.74. The number of rotatable bonds is 5. The topological polar surface area (TPSA) is 122 Å². The first-order valence-electron chi connectivity index (χ1n) is 8.17. The molecule has 2 aliphatic rings. The fourth-order valence-electron chi connectivity index (χ4n) is 2.89. The van der Waals surface area contributed by atoms with Crippen molar-refractivity contribution in [3.05, 3.63) is 29.8 Å². The molecule has 2 heterocycles. The van der Waals surface area contributed by atoms with Crippen molar-refractivity contribution in [3.8, 4) is 0 Å². The molecule has 1 aromatic carbocycles. The van der Waals surface area contributed by atoms with Crippen molar-refractivity contribution in [2.24, 2.45) is 0 Å².